The number of benzene rings is 1. The summed E-state index contributed by atoms with van der Waals surface area (Å²) < 4.78 is 19.4. The number of nitrogens with zero attached hydrogens (tertiary/aromatic N) is 2. The third kappa shape index (κ3) is 3.46. The molecule has 4 nitrogen and oxygen atoms in total. The second kappa shape index (κ2) is 6.20. The molecule has 2 N–H and O–H groups in total. The normalized spacial score (nSPS) is 14.8. The highest BCUT2D eigenvalue weighted by Gasteiger charge is 2.18. The Morgan fingerprint density at radius 1 is 1.33 bits per heavy atom. The molecule has 1 aromatic rings. The van der Waals surface area contributed by atoms with Crippen LogP contribution in [0.4, 0.5) is 5.69 Å². The average molecular weight is 269 g/mol. The smallest absolute Gasteiger partial charge is 0.139 e. The van der Waals surface area contributed by atoms with E-state index in [0.29, 0.717) is 5.69 Å². The van der Waals surface area contributed by atoms with E-state index in [0.717, 1.165) is 17.9 Å². The summed E-state index contributed by atoms with van der Waals surface area (Å²) in [6, 6.07) is 7.16. The molecule has 0 saturated carbocycles. The van der Waals surface area contributed by atoms with Crippen LogP contribution in [0.2, 0.25) is 0 Å². The third-order valence-corrected chi connectivity index (χ3v) is 5.12. The Morgan fingerprint density at radius 3 is 2.33 bits per heavy atom. The molecule has 0 heterocycles. The predicted octanol–water partition coefficient (Wildman–Crippen LogP) is 2.76. The molecule has 0 spiro atoms. The molecule has 0 fully saturated rings. The predicted molar refractivity (Wildman–Crippen MR) is 77.7 cm³/mol. The van der Waals surface area contributed by atoms with E-state index in [1.54, 1.807) is 24.3 Å². The molecule has 1 atom stereocenters. The third-order valence-electron chi connectivity index (χ3n) is 2.50. The van der Waals surface area contributed by atoms with Crippen molar-refractivity contribution in [1.82, 2.24) is 4.31 Å². The van der Waals surface area contributed by atoms with Crippen LogP contribution in [0.3, 0.4) is 0 Å². The van der Waals surface area contributed by atoms with E-state index >= 15 is 0 Å². The van der Waals surface area contributed by atoms with E-state index in [2.05, 4.69) is 11.3 Å². The number of rotatable bonds is 5. The van der Waals surface area contributed by atoms with Gasteiger partial charge in [0.2, 0.25) is 0 Å². The summed E-state index contributed by atoms with van der Waals surface area (Å²) >= 11 is 0. The van der Waals surface area contributed by atoms with Crippen LogP contribution in [0.25, 0.3) is 0 Å². The Hall–Kier alpha value is -1.07. The lowest BCUT2D eigenvalue weighted by Gasteiger charge is -2.22. The standard InChI is InChI=1S/C13H23N3OS/c1-5-10-16(4)18(17,15-11(2)3)13-8-6-12(14)7-9-13/h6-9,11H,5,10,14H2,1-4H3. The number of nitrogen functional groups attached to an aromatic ring is 1. The highest BCUT2D eigenvalue weighted by atomic mass is 32.2. The molecule has 102 valence electrons. The molecule has 0 saturated heterocycles. The largest absolute Gasteiger partial charge is 0.399 e. The summed E-state index contributed by atoms with van der Waals surface area (Å²) in [4.78, 5) is 0.723. The Labute approximate surface area is 110 Å². The first-order valence-corrected chi connectivity index (χ1v) is 7.70. The van der Waals surface area contributed by atoms with Crippen LogP contribution in [-0.4, -0.2) is 28.1 Å². The van der Waals surface area contributed by atoms with Crippen LogP contribution in [0.15, 0.2) is 33.5 Å². The zero-order valence-corrected chi connectivity index (χ0v) is 12.4. The Bertz CT molecular complexity index is 487. The molecule has 1 aromatic carbocycles. The van der Waals surface area contributed by atoms with Crippen molar-refractivity contribution in [3.05, 3.63) is 24.3 Å². The Kier molecular flexibility index (Phi) is 5.16. The first kappa shape index (κ1) is 15.0. The quantitative estimate of drug-likeness (QED) is 0.836. The molecule has 0 aliphatic rings. The lowest BCUT2D eigenvalue weighted by Crippen LogP contribution is -2.28. The van der Waals surface area contributed by atoms with Gasteiger partial charge in [-0.1, -0.05) is 6.92 Å². The molecule has 5 heteroatoms. The first-order valence-electron chi connectivity index (χ1n) is 6.23. The second-order valence-corrected chi connectivity index (χ2v) is 6.92. The zero-order valence-electron chi connectivity index (χ0n) is 11.6. The van der Waals surface area contributed by atoms with Gasteiger partial charge in [0.15, 0.2) is 0 Å². The fourth-order valence-electron chi connectivity index (χ4n) is 1.69. The summed E-state index contributed by atoms with van der Waals surface area (Å²) in [5.41, 5.74) is 6.34. The molecule has 0 amide bonds. The van der Waals surface area contributed by atoms with Gasteiger partial charge in [0.25, 0.3) is 0 Å². The maximum absolute atomic E-state index is 13.1. The lowest BCUT2D eigenvalue weighted by molar-refractivity contribution is 0.508. The van der Waals surface area contributed by atoms with Gasteiger partial charge in [-0.3, -0.25) is 0 Å². The van der Waals surface area contributed by atoms with Crippen molar-refractivity contribution in [3.63, 3.8) is 0 Å². The van der Waals surface area contributed by atoms with Crippen molar-refractivity contribution in [2.24, 2.45) is 4.36 Å². The van der Waals surface area contributed by atoms with Gasteiger partial charge in [0, 0.05) is 19.3 Å². The minimum absolute atomic E-state index is 0.0226. The minimum Gasteiger partial charge on any atom is -0.399 e. The number of hydrogen-bond donors (Lipinski definition) is 1. The average Bonchev–Trinajstić information content (AvgIpc) is 2.29. The SMILES string of the molecule is CCCN(C)S(=O)(=NC(C)C)c1ccc(N)cc1. The summed E-state index contributed by atoms with van der Waals surface area (Å²) in [6.07, 6.45) is 0.941. The van der Waals surface area contributed by atoms with Crippen LogP contribution in [0.1, 0.15) is 27.2 Å². The van der Waals surface area contributed by atoms with Crippen molar-refractivity contribution in [1.29, 1.82) is 0 Å². The van der Waals surface area contributed by atoms with E-state index in [9.17, 15) is 4.21 Å². The van der Waals surface area contributed by atoms with Crippen molar-refractivity contribution in [2.45, 2.75) is 38.1 Å². The van der Waals surface area contributed by atoms with Crippen LogP contribution < -0.4 is 5.73 Å². The van der Waals surface area contributed by atoms with Crippen molar-refractivity contribution in [2.75, 3.05) is 19.3 Å². The van der Waals surface area contributed by atoms with E-state index in [4.69, 9.17) is 5.73 Å². The fourth-order valence-corrected chi connectivity index (χ4v) is 3.83. The molecular weight excluding hydrogens is 246 g/mol. The van der Waals surface area contributed by atoms with Crippen molar-refractivity contribution >= 4 is 15.6 Å². The van der Waals surface area contributed by atoms with E-state index in [-0.39, 0.29) is 6.04 Å². The highest BCUT2D eigenvalue weighted by molar-refractivity contribution is 7.91. The van der Waals surface area contributed by atoms with Crippen LogP contribution >= 0.6 is 0 Å². The van der Waals surface area contributed by atoms with Gasteiger partial charge in [0.1, 0.15) is 9.92 Å². The summed E-state index contributed by atoms with van der Waals surface area (Å²) in [7, 11) is -0.667. The van der Waals surface area contributed by atoms with E-state index in [1.165, 1.54) is 0 Å². The van der Waals surface area contributed by atoms with Crippen molar-refractivity contribution < 1.29 is 4.21 Å². The Morgan fingerprint density at radius 2 is 1.89 bits per heavy atom. The molecule has 0 aromatic heterocycles. The molecule has 18 heavy (non-hydrogen) atoms. The maximum Gasteiger partial charge on any atom is 0.139 e. The Balaban J connectivity index is 3.29. The van der Waals surface area contributed by atoms with Gasteiger partial charge in [0.05, 0.1) is 10.9 Å². The van der Waals surface area contributed by atoms with Crippen LogP contribution in [0.5, 0.6) is 0 Å². The van der Waals surface area contributed by atoms with Crippen LogP contribution in [-0.2, 0) is 9.92 Å². The molecule has 0 aliphatic heterocycles. The molecular formula is C13H23N3OS. The molecule has 0 aliphatic carbocycles. The number of anilines is 1. The molecule has 1 rings (SSSR count). The molecule has 1 unspecified atom stereocenters. The van der Waals surface area contributed by atoms with E-state index in [1.807, 2.05) is 25.2 Å². The van der Waals surface area contributed by atoms with Gasteiger partial charge in [-0.25, -0.2) is 12.9 Å². The zero-order chi connectivity index (χ0) is 13.8. The monoisotopic (exact) mass is 269 g/mol. The second-order valence-electron chi connectivity index (χ2n) is 4.62. The first-order chi connectivity index (χ1) is 8.40. The number of nitrogens with two attached hydrogens (primary N) is 1. The van der Waals surface area contributed by atoms with Gasteiger partial charge in [-0.2, -0.15) is 0 Å². The van der Waals surface area contributed by atoms with Gasteiger partial charge in [-0.15, -0.1) is 0 Å². The minimum atomic E-state index is -2.52. The lowest BCUT2D eigenvalue weighted by atomic mass is 10.3. The maximum atomic E-state index is 13.1. The summed E-state index contributed by atoms with van der Waals surface area (Å²) in [6.45, 7) is 6.70. The molecule has 0 bridgehead atoms. The van der Waals surface area contributed by atoms with E-state index < -0.39 is 9.92 Å². The fraction of sp³-hybridized carbons (Fsp3) is 0.538. The van der Waals surface area contributed by atoms with Gasteiger partial charge in [-0.05, 0) is 44.5 Å². The highest BCUT2D eigenvalue weighted by Crippen LogP contribution is 2.20. The molecule has 0 radical (unpaired) electrons. The van der Waals surface area contributed by atoms with Crippen LogP contribution in [0, 0.1) is 0 Å². The van der Waals surface area contributed by atoms with Gasteiger partial charge >= 0.3 is 0 Å². The van der Waals surface area contributed by atoms with Crippen molar-refractivity contribution in [3.8, 4) is 0 Å². The van der Waals surface area contributed by atoms with Gasteiger partial charge < -0.3 is 5.73 Å². The topological polar surface area (TPSA) is 58.7 Å². The summed E-state index contributed by atoms with van der Waals surface area (Å²) in [5, 5.41) is 0. The number of hydrogen-bond acceptors (Lipinski definition) is 3. The summed E-state index contributed by atoms with van der Waals surface area (Å²) in [5.74, 6) is 0.